The molecular weight excluding hydrogens is 344 g/mol. The van der Waals surface area contributed by atoms with Gasteiger partial charge in [-0.05, 0) is 61.2 Å². The fraction of sp³-hybridized carbons (Fsp3) is 0.286. The topological polar surface area (TPSA) is 95.5 Å². The molecule has 140 valence electrons. The maximum Gasteiger partial charge on any atom is 0.306 e. The lowest BCUT2D eigenvalue weighted by molar-refractivity contribution is -0.141. The Bertz CT molecular complexity index is 839. The van der Waals surface area contributed by atoms with Crippen LogP contribution in [0.1, 0.15) is 35.7 Å². The van der Waals surface area contributed by atoms with Crippen molar-refractivity contribution in [2.45, 2.75) is 26.2 Å². The SMILES string of the molecule is CC(Cc1ccc(NC(=O)c2ccc(NC(=O)C3CC3)cc2)cc1)C(=O)O. The third-order valence-corrected chi connectivity index (χ3v) is 4.54. The smallest absolute Gasteiger partial charge is 0.306 e. The predicted octanol–water partition coefficient (Wildman–Crippen LogP) is 3.55. The molecule has 0 bridgehead atoms. The van der Waals surface area contributed by atoms with E-state index in [1.54, 1.807) is 43.3 Å². The molecule has 0 heterocycles. The molecule has 2 amide bonds. The maximum absolute atomic E-state index is 12.3. The third kappa shape index (κ3) is 5.17. The summed E-state index contributed by atoms with van der Waals surface area (Å²) in [6, 6.07) is 13.9. The van der Waals surface area contributed by atoms with E-state index in [2.05, 4.69) is 10.6 Å². The lowest BCUT2D eigenvalue weighted by atomic mass is 10.0. The van der Waals surface area contributed by atoms with E-state index in [0.29, 0.717) is 23.4 Å². The van der Waals surface area contributed by atoms with Gasteiger partial charge in [-0.25, -0.2) is 0 Å². The first-order valence-electron chi connectivity index (χ1n) is 8.96. The second-order valence-corrected chi connectivity index (χ2v) is 6.94. The van der Waals surface area contributed by atoms with Crippen molar-refractivity contribution < 1.29 is 19.5 Å². The van der Waals surface area contributed by atoms with Crippen molar-refractivity contribution in [3.8, 4) is 0 Å². The van der Waals surface area contributed by atoms with Crippen molar-refractivity contribution in [1.29, 1.82) is 0 Å². The van der Waals surface area contributed by atoms with Gasteiger partial charge in [-0.3, -0.25) is 14.4 Å². The van der Waals surface area contributed by atoms with Gasteiger partial charge in [0.2, 0.25) is 5.91 Å². The van der Waals surface area contributed by atoms with Crippen LogP contribution in [0.15, 0.2) is 48.5 Å². The molecule has 0 aromatic heterocycles. The normalized spacial score (nSPS) is 14.3. The molecule has 1 atom stereocenters. The Morgan fingerprint density at radius 3 is 2.07 bits per heavy atom. The summed E-state index contributed by atoms with van der Waals surface area (Å²) in [5, 5.41) is 14.6. The van der Waals surface area contributed by atoms with Crippen molar-refractivity contribution in [1.82, 2.24) is 0 Å². The molecular formula is C21H22N2O4. The number of carbonyl (C=O) groups is 3. The number of carboxylic acid groups (broad SMARTS) is 1. The highest BCUT2D eigenvalue weighted by atomic mass is 16.4. The van der Waals surface area contributed by atoms with Gasteiger partial charge in [-0.2, -0.15) is 0 Å². The predicted molar refractivity (Wildman–Crippen MR) is 103 cm³/mol. The zero-order valence-electron chi connectivity index (χ0n) is 15.1. The first-order chi connectivity index (χ1) is 12.9. The zero-order chi connectivity index (χ0) is 19.4. The molecule has 6 heteroatoms. The summed E-state index contributed by atoms with van der Waals surface area (Å²) in [4.78, 5) is 35.0. The number of hydrogen-bond donors (Lipinski definition) is 3. The standard InChI is InChI=1S/C21H22N2O4/c1-13(21(26)27)12-14-2-8-17(9-3-14)22-20(25)16-6-10-18(11-7-16)23-19(24)15-4-5-15/h2-3,6-11,13,15H,4-5,12H2,1H3,(H,22,25)(H,23,24)(H,26,27). The lowest BCUT2D eigenvalue weighted by Gasteiger charge is -2.09. The fourth-order valence-corrected chi connectivity index (χ4v) is 2.66. The molecule has 3 N–H and O–H groups in total. The monoisotopic (exact) mass is 366 g/mol. The Hall–Kier alpha value is -3.15. The van der Waals surface area contributed by atoms with Crippen LogP contribution in [0.5, 0.6) is 0 Å². The first-order valence-corrected chi connectivity index (χ1v) is 8.96. The van der Waals surface area contributed by atoms with Crippen molar-refractivity contribution in [2.24, 2.45) is 11.8 Å². The minimum Gasteiger partial charge on any atom is -0.481 e. The van der Waals surface area contributed by atoms with Gasteiger partial charge < -0.3 is 15.7 Å². The summed E-state index contributed by atoms with van der Waals surface area (Å²) in [5.74, 6) is -1.37. The van der Waals surface area contributed by atoms with E-state index in [0.717, 1.165) is 18.4 Å². The lowest BCUT2D eigenvalue weighted by Crippen LogP contribution is -2.14. The molecule has 0 aliphatic heterocycles. The molecule has 1 saturated carbocycles. The molecule has 6 nitrogen and oxygen atoms in total. The van der Waals surface area contributed by atoms with Crippen LogP contribution in [0.4, 0.5) is 11.4 Å². The van der Waals surface area contributed by atoms with Crippen molar-refractivity contribution >= 4 is 29.2 Å². The van der Waals surface area contributed by atoms with E-state index < -0.39 is 11.9 Å². The van der Waals surface area contributed by atoms with E-state index in [-0.39, 0.29) is 17.7 Å². The summed E-state index contributed by atoms with van der Waals surface area (Å²) >= 11 is 0. The second kappa shape index (κ2) is 8.03. The van der Waals surface area contributed by atoms with Gasteiger partial charge in [0.15, 0.2) is 0 Å². The summed E-state index contributed by atoms with van der Waals surface area (Å²) in [7, 11) is 0. The Morgan fingerprint density at radius 1 is 0.963 bits per heavy atom. The van der Waals surface area contributed by atoms with Crippen LogP contribution in [0.3, 0.4) is 0 Å². The number of anilines is 2. The van der Waals surface area contributed by atoms with Gasteiger partial charge in [0, 0.05) is 22.9 Å². The summed E-state index contributed by atoms with van der Waals surface area (Å²) < 4.78 is 0. The average molecular weight is 366 g/mol. The number of carbonyl (C=O) groups excluding carboxylic acids is 2. The van der Waals surface area contributed by atoms with Crippen LogP contribution in [-0.2, 0) is 16.0 Å². The maximum atomic E-state index is 12.3. The van der Waals surface area contributed by atoms with Crippen molar-refractivity contribution in [2.75, 3.05) is 10.6 Å². The van der Waals surface area contributed by atoms with Gasteiger partial charge in [0.05, 0.1) is 5.92 Å². The zero-order valence-corrected chi connectivity index (χ0v) is 15.1. The molecule has 1 fully saturated rings. The van der Waals surface area contributed by atoms with Crippen LogP contribution in [0, 0.1) is 11.8 Å². The number of nitrogens with one attached hydrogen (secondary N) is 2. The fourth-order valence-electron chi connectivity index (χ4n) is 2.66. The van der Waals surface area contributed by atoms with Gasteiger partial charge in [0.1, 0.15) is 0 Å². The van der Waals surface area contributed by atoms with Crippen molar-refractivity contribution in [3.63, 3.8) is 0 Å². The Kier molecular flexibility index (Phi) is 5.54. The number of aliphatic carboxylic acids is 1. The third-order valence-electron chi connectivity index (χ3n) is 4.54. The molecule has 0 spiro atoms. The Morgan fingerprint density at radius 2 is 1.52 bits per heavy atom. The number of hydrogen-bond acceptors (Lipinski definition) is 3. The molecule has 2 aromatic rings. The first kappa shape index (κ1) is 18.6. The second-order valence-electron chi connectivity index (χ2n) is 6.94. The van der Waals surface area contributed by atoms with Gasteiger partial charge >= 0.3 is 5.97 Å². The van der Waals surface area contributed by atoms with Crippen LogP contribution in [-0.4, -0.2) is 22.9 Å². The molecule has 2 aromatic carbocycles. The van der Waals surface area contributed by atoms with E-state index in [1.807, 2.05) is 12.1 Å². The van der Waals surface area contributed by atoms with Gasteiger partial charge in [-0.1, -0.05) is 19.1 Å². The molecule has 1 aliphatic rings. The molecule has 27 heavy (non-hydrogen) atoms. The molecule has 3 rings (SSSR count). The summed E-state index contributed by atoms with van der Waals surface area (Å²) in [6.07, 6.45) is 2.33. The van der Waals surface area contributed by atoms with Gasteiger partial charge in [0.25, 0.3) is 5.91 Å². The highest BCUT2D eigenvalue weighted by molar-refractivity contribution is 6.04. The van der Waals surface area contributed by atoms with Crippen molar-refractivity contribution in [3.05, 3.63) is 59.7 Å². The van der Waals surface area contributed by atoms with Crippen LogP contribution in [0.25, 0.3) is 0 Å². The quantitative estimate of drug-likeness (QED) is 0.698. The van der Waals surface area contributed by atoms with Crippen LogP contribution in [0.2, 0.25) is 0 Å². The molecule has 0 saturated heterocycles. The summed E-state index contributed by atoms with van der Waals surface area (Å²) in [5.41, 5.74) is 2.71. The van der Waals surface area contributed by atoms with E-state index >= 15 is 0 Å². The molecule has 1 aliphatic carbocycles. The van der Waals surface area contributed by atoms with Crippen LogP contribution >= 0.6 is 0 Å². The highest BCUT2D eigenvalue weighted by Crippen LogP contribution is 2.30. The van der Waals surface area contributed by atoms with E-state index in [9.17, 15) is 14.4 Å². The Labute approximate surface area is 157 Å². The number of carboxylic acids is 1. The minimum atomic E-state index is -0.829. The number of amides is 2. The largest absolute Gasteiger partial charge is 0.481 e. The minimum absolute atomic E-state index is 0.0320. The molecule has 0 radical (unpaired) electrons. The van der Waals surface area contributed by atoms with Crippen LogP contribution < -0.4 is 10.6 Å². The van der Waals surface area contributed by atoms with E-state index in [1.165, 1.54) is 0 Å². The summed E-state index contributed by atoms with van der Waals surface area (Å²) in [6.45, 7) is 1.66. The molecule has 1 unspecified atom stereocenters. The number of benzene rings is 2. The van der Waals surface area contributed by atoms with Gasteiger partial charge in [-0.15, -0.1) is 0 Å². The Balaban J connectivity index is 1.56. The van der Waals surface area contributed by atoms with E-state index in [4.69, 9.17) is 5.11 Å². The number of rotatable bonds is 7. The average Bonchev–Trinajstić information content (AvgIpc) is 3.49. The highest BCUT2D eigenvalue weighted by Gasteiger charge is 2.29.